The van der Waals surface area contributed by atoms with Crippen molar-refractivity contribution in [2.45, 2.75) is 45.6 Å². The molecule has 0 aromatic heterocycles. The van der Waals surface area contributed by atoms with Crippen molar-refractivity contribution in [1.82, 2.24) is 0 Å². The number of carboxylic acids is 1. The Kier molecular flexibility index (Phi) is 5.48. The summed E-state index contributed by atoms with van der Waals surface area (Å²) in [6.07, 6.45) is 3.37. The normalized spacial score (nSPS) is 22.0. The fourth-order valence-corrected chi connectivity index (χ4v) is 2.63. The van der Waals surface area contributed by atoms with Gasteiger partial charge in [-0.1, -0.05) is 13.8 Å². The van der Waals surface area contributed by atoms with E-state index in [1.807, 2.05) is 24.3 Å². The van der Waals surface area contributed by atoms with Crippen LogP contribution in [0.3, 0.4) is 0 Å². The van der Waals surface area contributed by atoms with Gasteiger partial charge in [-0.3, -0.25) is 4.79 Å². The molecule has 1 aromatic rings. The maximum absolute atomic E-state index is 10.9. The quantitative estimate of drug-likeness (QED) is 0.837. The highest BCUT2D eigenvalue weighted by Crippen LogP contribution is 2.27. The van der Waals surface area contributed by atoms with Crippen LogP contribution in [0.1, 0.15) is 39.5 Å². The number of ether oxygens (including phenoxy) is 1. The zero-order chi connectivity index (χ0) is 15.2. The van der Waals surface area contributed by atoms with Crippen LogP contribution in [0.25, 0.3) is 0 Å². The molecule has 0 bridgehead atoms. The van der Waals surface area contributed by atoms with Crippen LogP contribution in [0.4, 0.5) is 5.69 Å². The molecule has 0 unspecified atom stereocenters. The number of nitrogens with one attached hydrogen (secondary N) is 1. The molecular formula is C17H25NO3. The fourth-order valence-electron chi connectivity index (χ4n) is 2.63. The number of hydrogen-bond donors (Lipinski definition) is 2. The summed E-state index contributed by atoms with van der Waals surface area (Å²) in [7, 11) is 0. The lowest BCUT2D eigenvalue weighted by atomic mass is 9.86. The number of carboxylic acid groups (broad SMARTS) is 1. The van der Waals surface area contributed by atoms with Gasteiger partial charge in [0.15, 0.2) is 0 Å². The summed E-state index contributed by atoms with van der Waals surface area (Å²) < 4.78 is 5.66. The first-order chi connectivity index (χ1) is 10.0. The Morgan fingerprint density at radius 1 is 1.24 bits per heavy atom. The number of aliphatic carboxylic acids is 1. The lowest BCUT2D eigenvalue weighted by Crippen LogP contribution is -2.29. The zero-order valence-corrected chi connectivity index (χ0v) is 12.8. The van der Waals surface area contributed by atoms with Crippen molar-refractivity contribution in [3.8, 4) is 5.75 Å². The smallest absolute Gasteiger partial charge is 0.306 e. The second-order valence-electron chi connectivity index (χ2n) is 6.26. The fraction of sp³-hybridized carbons (Fsp3) is 0.588. The van der Waals surface area contributed by atoms with E-state index in [4.69, 9.17) is 9.84 Å². The minimum atomic E-state index is -0.653. The molecule has 4 heteroatoms. The van der Waals surface area contributed by atoms with Gasteiger partial charge in [-0.25, -0.2) is 0 Å². The third-order valence-corrected chi connectivity index (χ3v) is 3.88. The molecule has 1 saturated carbocycles. The van der Waals surface area contributed by atoms with E-state index < -0.39 is 5.97 Å². The predicted molar refractivity (Wildman–Crippen MR) is 83.8 cm³/mol. The lowest BCUT2D eigenvalue weighted by Gasteiger charge is -2.27. The largest absolute Gasteiger partial charge is 0.493 e. The lowest BCUT2D eigenvalue weighted by molar-refractivity contribution is -0.142. The maximum Gasteiger partial charge on any atom is 0.306 e. The molecule has 0 spiro atoms. The highest BCUT2D eigenvalue weighted by molar-refractivity contribution is 5.70. The van der Waals surface area contributed by atoms with Crippen molar-refractivity contribution in [2.24, 2.45) is 11.8 Å². The van der Waals surface area contributed by atoms with Gasteiger partial charge in [0.05, 0.1) is 12.5 Å². The Morgan fingerprint density at radius 3 is 2.38 bits per heavy atom. The molecular weight excluding hydrogens is 266 g/mol. The molecule has 0 heterocycles. The van der Waals surface area contributed by atoms with Crippen LogP contribution >= 0.6 is 0 Å². The number of benzene rings is 1. The van der Waals surface area contributed by atoms with E-state index in [1.165, 1.54) is 0 Å². The molecule has 1 aliphatic carbocycles. The standard InChI is InChI=1S/C17H25NO3/c1-12(2)11-21-16-9-7-15(8-10-16)18-14-5-3-13(4-6-14)17(19)20/h7-10,12-14,18H,3-6,11H2,1-2H3,(H,19,20). The van der Waals surface area contributed by atoms with Crippen LogP contribution in [0.2, 0.25) is 0 Å². The predicted octanol–water partition coefficient (Wildman–Crippen LogP) is 3.78. The van der Waals surface area contributed by atoms with Gasteiger partial charge >= 0.3 is 5.97 Å². The first-order valence-corrected chi connectivity index (χ1v) is 7.77. The molecule has 1 aliphatic rings. The van der Waals surface area contributed by atoms with E-state index in [2.05, 4.69) is 19.2 Å². The van der Waals surface area contributed by atoms with Crippen LogP contribution in [0, 0.1) is 11.8 Å². The molecule has 0 amide bonds. The zero-order valence-electron chi connectivity index (χ0n) is 12.8. The average molecular weight is 291 g/mol. The van der Waals surface area contributed by atoms with Crippen molar-refractivity contribution in [1.29, 1.82) is 0 Å². The summed E-state index contributed by atoms with van der Waals surface area (Å²) in [4.78, 5) is 10.9. The van der Waals surface area contributed by atoms with E-state index in [-0.39, 0.29) is 5.92 Å². The Hall–Kier alpha value is -1.71. The van der Waals surface area contributed by atoms with Crippen molar-refractivity contribution < 1.29 is 14.6 Å². The molecule has 4 nitrogen and oxygen atoms in total. The Bertz CT molecular complexity index is 448. The van der Waals surface area contributed by atoms with E-state index in [0.29, 0.717) is 12.0 Å². The van der Waals surface area contributed by atoms with E-state index >= 15 is 0 Å². The molecule has 2 rings (SSSR count). The second kappa shape index (κ2) is 7.34. The molecule has 1 fully saturated rings. The first-order valence-electron chi connectivity index (χ1n) is 7.77. The van der Waals surface area contributed by atoms with Crippen molar-refractivity contribution in [3.05, 3.63) is 24.3 Å². The van der Waals surface area contributed by atoms with Gasteiger partial charge in [0.25, 0.3) is 0 Å². The summed E-state index contributed by atoms with van der Waals surface area (Å²) in [5.74, 6) is 0.603. The molecule has 0 atom stereocenters. The van der Waals surface area contributed by atoms with Crippen LogP contribution in [-0.4, -0.2) is 23.7 Å². The van der Waals surface area contributed by atoms with Crippen LogP contribution in [0.5, 0.6) is 5.75 Å². The van der Waals surface area contributed by atoms with E-state index in [9.17, 15) is 4.79 Å². The molecule has 0 aliphatic heterocycles. The number of rotatable bonds is 6. The van der Waals surface area contributed by atoms with E-state index in [0.717, 1.165) is 43.7 Å². The van der Waals surface area contributed by atoms with E-state index in [1.54, 1.807) is 0 Å². The Balaban J connectivity index is 1.80. The monoisotopic (exact) mass is 291 g/mol. The Labute approximate surface area is 126 Å². The van der Waals surface area contributed by atoms with Gasteiger partial charge in [-0.2, -0.15) is 0 Å². The highest BCUT2D eigenvalue weighted by Gasteiger charge is 2.25. The van der Waals surface area contributed by atoms with Gasteiger partial charge in [-0.15, -0.1) is 0 Å². The maximum atomic E-state index is 10.9. The second-order valence-corrected chi connectivity index (χ2v) is 6.26. The summed E-state index contributed by atoms with van der Waals surface area (Å²) in [6.45, 7) is 4.98. The van der Waals surface area contributed by atoms with Gasteiger partial charge in [0.2, 0.25) is 0 Å². The summed E-state index contributed by atoms with van der Waals surface area (Å²) in [5.41, 5.74) is 1.07. The number of carbonyl (C=O) groups is 1. The minimum Gasteiger partial charge on any atom is -0.493 e. The third kappa shape index (κ3) is 4.96. The molecule has 21 heavy (non-hydrogen) atoms. The van der Waals surface area contributed by atoms with Crippen molar-refractivity contribution in [3.63, 3.8) is 0 Å². The number of hydrogen-bond acceptors (Lipinski definition) is 3. The average Bonchev–Trinajstić information content (AvgIpc) is 2.47. The van der Waals surface area contributed by atoms with Crippen molar-refractivity contribution >= 4 is 11.7 Å². The SMILES string of the molecule is CC(C)COc1ccc(NC2CCC(C(=O)O)CC2)cc1. The van der Waals surface area contributed by atoms with Crippen LogP contribution in [-0.2, 0) is 4.79 Å². The summed E-state index contributed by atoms with van der Waals surface area (Å²) >= 11 is 0. The molecule has 1 aromatic carbocycles. The minimum absolute atomic E-state index is 0.158. The van der Waals surface area contributed by atoms with Crippen molar-refractivity contribution in [2.75, 3.05) is 11.9 Å². The molecule has 0 saturated heterocycles. The first kappa shape index (κ1) is 15.7. The van der Waals surface area contributed by atoms with Gasteiger partial charge in [-0.05, 0) is 55.9 Å². The van der Waals surface area contributed by atoms with Gasteiger partial charge in [0.1, 0.15) is 5.75 Å². The molecule has 2 N–H and O–H groups in total. The van der Waals surface area contributed by atoms with Crippen LogP contribution < -0.4 is 10.1 Å². The third-order valence-electron chi connectivity index (χ3n) is 3.88. The Morgan fingerprint density at radius 2 is 1.86 bits per heavy atom. The molecule has 0 radical (unpaired) electrons. The highest BCUT2D eigenvalue weighted by atomic mass is 16.5. The number of anilines is 1. The van der Waals surface area contributed by atoms with Gasteiger partial charge < -0.3 is 15.2 Å². The topological polar surface area (TPSA) is 58.6 Å². The molecule has 116 valence electrons. The van der Waals surface area contributed by atoms with Crippen LogP contribution in [0.15, 0.2) is 24.3 Å². The summed E-state index contributed by atoms with van der Waals surface area (Å²) in [5, 5.41) is 12.5. The summed E-state index contributed by atoms with van der Waals surface area (Å²) in [6, 6.07) is 8.39. The van der Waals surface area contributed by atoms with Gasteiger partial charge in [0, 0.05) is 11.7 Å².